The number of hydrogen-bond acceptors (Lipinski definition) is 4. The lowest BCUT2D eigenvalue weighted by Gasteiger charge is -2.41. The third-order valence-electron chi connectivity index (χ3n) is 4.11. The summed E-state index contributed by atoms with van der Waals surface area (Å²) in [6.45, 7) is 0.0795. The molecule has 0 spiro atoms. The number of sulfone groups is 1. The zero-order valence-electron chi connectivity index (χ0n) is 11.5. The van der Waals surface area contributed by atoms with Crippen LogP contribution in [0.4, 0.5) is 4.79 Å². The molecular weight excluding hydrogens is 284 g/mol. The van der Waals surface area contributed by atoms with Crippen molar-refractivity contribution in [2.45, 2.75) is 37.8 Å². The molecule has 0 aromatic heterocycles. The smallest absolute Gasteiger partial charge is 0.320 e. The number of nitrogens with zero attached hydrogens (tertiary/aromatic N) is 2. The lowest BCUT2D eigenvalue weighted by molar-refractivity contribution is -0.138. The molecule has 1 aliphatic carbocycles. The lowest BCUT2D eigenvalue weighted by atomic mass is 9.92. The van der Waals surface area contributed by atoms with Gasteiger partial charge in [-0.2, -0.15) is 0 Å². The van der Waals surface area contributed by atoms with E-state index in [-0.39, 0.29) is 36.5 Å². The van der Waals surface area contributed by atoms with Crippen LogP contribution in [0.15, 0.2) is 0 Å². The molecule has 1 atom stereocenters. The van der Waals surface area contributed by atoms with Crippen LogP contribution in [0.25, 0.3) is 0 Å². The molecule has 2 fully saturated rings. The molecule has 7 nitrogen and oxygen atoms in total. The van der Waals surface area contributed by atoms with Gasteiger partial charge in [0.05, 0.1) is 24.0 Å². The fraction of sp³-hybridized carbons (Fsp3) is 0.833. The van der Waals surface area contributed by atoms with Crippen LogP contribution in [-0.4, -0.2) is 72.5 Å². The van der Waals surface area contributed by atoms with Crippen molar-refractivity contribution in [2.75, 3.05) is 25.1 Å². The standard InChI is InChI=1S/C12H20N2O5S/c1-13(9-3-2-4-9)12(17)14-5-6-20(18,19)8-10(14)7-11(15)16/h9-10H,2-8H2,1H3,(H,15,16). The Morgan fingerprint density at radius 3 is 2.50 bits per heavy atom. The Kier molecular flexibility index (Phi) is 4.22. The normalized spacial score (nSPS) is 25.9. The first-order valence-corrected chi connectivity index (χ1v) is 8.58. The number of hydrogen-bond donors (Lipinski definition) is 1. The number of carboxylic acid groups (broad SMARTS) is 1. The quantitative estimate of drug-likeness (QED) is 0.801. The lowest BCUT2D eigenvalue weighted by Crippen LogP contribution is -2.57. The molecule has 0 aromatic rings. The van der Waals surface area contributed by atoms with E-state index in [0.29, 0.717) is 0 Å². The van der Waals surface area contributed by atoms with Crippen molar-refractivity contribution in [1.29, 1.82) is 0 Å². The number of carbonyl (C=O) groups is 2. The second kappa shape index (κ2) is 5.59. The first-order chi connectivity index (χ1) is 9.30. The van der Waals surface area contributed by atoms with Crippen molar-refractivity contribution < 1.29 is 23.1 Å². The molecule has 2 aliphatic rings. The van der Waals surface area contributed by atoms with Crippen LogP contribution < -0.4 is 0 Å². The van der Waals surface area contributed by atoms with Crippen LogP contribution in [0, 0.1) is 0 Å². The number of amides is 2. The van der Waals surface area contributed by atoms with Gasteiger partial charge in [0.2, 0.25) is 0 Å². The molecule has 114 valence electrons. The van der Waals surface area contributed by atoms with Crippen LogP contribution in [0.1, 0.15) is 25.7 Å². The number of carboxylic acids is 1. The van der Waals surface area contributed by atoms with E-state index in [4.69, 9.17) is 5.11 Å². The summed E-state index contributed by atoms with van der Waals surface area (Å²) in [7, 11) is -1.56. The minimum absolute atomic E-state index is 0.0795. The highest BCUT2D eigenvalue weighted by Gasteiger charge is 2.38. The van der Waals surface area contributed by atoms with Gasteiger partial charge in [-0.25, -0.2) is 13.2 Å². The molecule has 1 aliphatic heterocycles. The second-order valence-corrected chi connectivity index (χ2v) is 7.77. The molecule has 0 bridgehead atoms. The molecule has 0 aromatic carbocycles. The minimum atomic E-state index is -3.26. The monoisotopic (exact) mass is 304 g/mol. The third kappa shape index (κ3) is 3.23. The van der Waals surface area contributed by atoms with Crippen molar-refractivity contribution in [3.63, 3.8) is 0 Å². The summed E-state index contributed by atoms with van der Waals surface area (Å²) < 4.78 is 23.3. The van der Waals surface area contributed by atoms with Crippen molar-refractivity contribution >= 4 is 21.8 Å². The van der Waals surface area contributed by atoms with Gasteiger partial charge >= 0.3 is 12.0 Å². The van der Waals surface area contributed by atoms with E-state index < -0.39 is 21.8 Å². The predicted octanol–water partition coefficient (Wildman–Crippen LogP) is 0.164. The van der Waals surface area contributed by atoms with Gasteiger partial charge in [-0.15, -0.1) is 0 Å². The van der Waals surface area contributed by atoms with Gasteiger partial charge < -0.3 is 14.9 Å². The van der Waals surface area contributed by atoms with Crippen LogP contribution in [-0.2, 0) is 14.6 Å². The van der Waals surface area contributed by atoms with Gasteiger partial charge in [0.1, 0.15) is 0 Å². The van der Waals surface area contributed by atoms with Gasteiger partial charge in [-0.05, 0) is 19.3 Å². The Balaban J connectivity index is 2.10. The maximum Gasteiger partial charge on any atom is 0.320 e. The molecule has 1 saturated carbocycles. The van der Waals surface area contributed by atoms with Crippen LogP contribution in [0.2, 0.25) is 0 Å². The van der Waals surface area contributed by atoms with E-state index in [1.54, 1.807) is 11.9 Å². The van der Waals surface area contributed by atoms with Gasteiger partial charge in [0.25, 0.3) is 0 Å². The highest BCUT2D eigenvalue weighted by molar-refractivity contribution is 7.91. The number of urea groups is 1. The van der Waals surface area contributed by atoms with E-state index in [1.807, 2.05) is 0 Å². The summed E-state index contributed by atoms with van der Waals surface area (Å²) in [5.74, 6) is -1.44. The Bertz CT molecular complexity index is 500. The molecule has 1 unspecified atom stereocenters. The van der Waals surface area contributed by atoms with Crippen molar-refractivity contribution in [1.82, 2.24) is 9.80 Å². The summed E-state index contributed by atoms with van der Waals surface area (Å²) in [6, 6.07) is -0.816. The number of carbonyl (C=O) groups excluding carboxylic acids is 1. The van der Waals surface area contributed by atoms with E-state index in [0.717, 1.165) is 19.3 Å². The van der Waals surface area contributed by atoms with Crippen LogP contribution in [0.5, 0.6) is 0 Å². The van der Waals surface area contributed by atoms with Gasteiger partial charge in [0.15, 0.2) is 9.84 Å². The minimum Gasteiger partial charge on any atom is -0.481 e. The maximum atomic E-state index is 12.4. The highest BCUT2D eigenvalue weighted by Crippen LogP contribution is 2.26. The van der Waals surface area contributed by atoms with Crippen molar-refractivity contribution in [3.8, 4) is 0 Å². The Labute approximate surface area is 118 Å². The summed E-state index contributed by atoms with van der Waals surface area (Å²) in [5.41, 5.74) is 0. The summed E-state index contributed by atoms with van der Waals surface area (Å²) >= 11 is 0. The zero-order chi connectivity index (χ0) is 14.9. The summed E-state index contributed by atoms with van der Waals surface area (Å²) in [6.07, 6.45) is 2.68. The molecular formula is C12H20N2O5S. The first kappa shape index (κ1) is 15.1. The average molecular weight is 304 g/mol. The SMILES string of the molecule is CN(C(=O)N1CCS(=O)(=O)CC1CC(=O)O)C1CCC1. The second-order valence-electron chi connectivity index (χ2n) is 5.54. The fourth-order valence-electron chi connectivity index (χ4n) is 2.64. The molecule has 2 rings (SSSR count). The topological polar surface area (TPSA) is 95.0 Å². The summed E-state index contributed by atoms with van der Waals surface area (Å²) in [5, 5.41) is 8.89. The largest absolute Gasteiger partial charge is 0.481 e. The molecule has 0 radical (unpaired) electrons. The number of aliphatic carboxylic acids is 1. The van der Waals surface area contributed by atoms with Crippen molar-refractivity contribution in [2.24, 2.45) is 0 Å². The Morgan fingerprint density at radius 2 is 2.00 bits per heavy atom. The van der Waals surface area contributed by atoms with E-state index >= 15 is 0 Å². The van der Waals surface area contributed by atoms with Gasteiger partial charge in [-0.1, -0.05) is 0 Å². The van der Waals surface area contributed by atoms with Gasteiger partial charge in [-0.3, -0.25) is 4.79 Å². The third-order valence-corrected chi connectivity index (χ3v) is 5.81. The molecule has 1 N–H and O–H groups in total. The van der Waals surface area contributed by atoms with E-state index in [1.165, 1.54) is 4.90 Å². The van der Waals surface area contributed by atoms with Crippen LogP contribution >= 0.6 is 0 Å². The predicted molar refractivity (Wildman–Crippen MR) is 72.2 cm³/mol. The highest BCUT2D eigenvalue weighted by atomic mass is 32.2. The Hall–Kier alpha value is -1.31. The van der Waals surface area contributed by atoms with E-state index in [9.17, 15) is 18.0 Å². The molecule has 2 amide bonds. The summed E-state index contributed by atoms with van der Waals surface area (Å²) in [4.78, 5) is 26.3. The maximum absolute atomic E-state index is 12.4. The first-order valence-electron chi connectivity index (χ1n) is 6.76. The van der Waals surface area contributed by atoms with Crippen LogP contribution in [0.3, 0.4) is 0 Å². The zero-order valence-corrected chi connectivity index (χ0v) is 12.3. The Morgan fingerprint density at radius 1 is 1.35 bits per heavy atom. The molecule has 1 heterocycles. The molecule has 1 saturated heterocycles. The molecule has 20 heavy (non-hydrogen) atoms. The average Bonchev–Trinajstić information content (AvgIpc) is 2.23. The van der Waals surface area contributed by atoms with Crippen molar-refractivity contribution in [3.05, 3.63) is 0 Å². The van der Waals surface area contributed by atoms with Gasteiger partial charge in [0, 0.05) is 19.6 Å². The number of rotatable bonds is 3. The van der Waals surface area contributed by atoms with E-state index in [2.05, 4.69) is 0 Å². The fourth-order valence-corrected chi connectivity index (χ4v) is 4.17. The molecule has 8 heteroatoms.